The van der Waals surface area contributed by atoms with Crippen LogP contribution >= 0.6 is 0 Å². The lowest BCUT2D eigenvalue weighted by Gasteiger charge is -2.45. The van der Waals surface area contributed by atoms with E-state index in [1.54, 1.807) is 0 Å². The van der Waals surface area contributed by atoms with E-state index in [1.807, 2.05) is 30.3 Å². The van der Waals surface area contributed by atoms with Crippen LogP contribution in [0.5, 0.6) is 0 Å². The van der Waals surface area contributed by atoms with Crippen LogP contribution in [0.15, 0.2) is 55.0 Å². The molecule has 4 rings (SSSR count). The van der Waals surface area contributed by atoms with Gasteiger partial charge in [0.15, 0.2) is 17.7 Å². The van der Waals surface area contributed by atoms with Crippen molar-refractivity contribution in [3.63, 3.8) is 0 Å². The molecular formula is C23H24FN5O4. The van der Waals surface area contributed by atoms with E-state index in [0.717, 1.165) is 5.56 Å². The van der Waals surface area contributed by atoms with Crippen molar-refractivity contribution in [3.05, 3.63) is 66.2 Å². The maximum Gasteiger partial charge on any atom is 0.278 e. The van der Waals surface area contributed by atoms with Gasteiger partial charge in [0.05, 0.1) is 29.9 Å². The van der Waals surface area contributed by atoms with Crippen LogP contribution in [0.25, 0.3) is 11.3 Å². The molecule has 3 heterocycles. The number of benzene rings is 1. The molecule has 3 aromatic rings. The lowest BCUT2D eigenvalue weighted by atomic mass is 9.83. The summed E-state index contributed by atoms with van der Waals surface area (Å²) in [7, 11) is 0. The molecule has 1 saturated heterocycles. The highest BCUT2D eigenvalue weighted by atomic mass is 19.1. The number of carbonyl (C=O) groups excluding carboxylic acids is 1. The molecule has 0 aliphatic carbocycles. The summed E-state index contributed by atoms with van der Waals surface area (Å²) in [5.41, 5.74) is 5.64. The van der Waals surface area contributed by atoms with Gasteiger partial charge < -0.3 is 26.0 Å². The maximum atomic E-state index is 15.0. The Hall–Kier alpha value is -3.47. The van der Waals surface area contributed by atoms with Gasteiger partial charge in [0.1, 0.15) is 17.8 Å². The minimum atomic E-state index is -1.94. The summed E-state index contributed by atoms with van der Waals surface area (Å²) in [6.07, 6.45) is -1.53. The van der Waals surface area contributed by atoms with E-state index >= 15 is 4.39 Å². The number of halogens is 1. The molecule has 9 nitrogen and oxygen atoms in total. The highest BCUT2D eigenvalue weighted by Gasteiger charge is 2.51. The first-order valence-electron chi connectivity index (χ1n) is 10.3. The Morgan fingerprint density at radius 2 is 1.97 bits per heavy atom. The van der Waals surface area contributed by atoms with Crippen LogP contribution in [-0.2, 0) is 4.74 Å². The molecule has 172 valence electrons. The summed E-state index contributed by atoms with van der Waals surface area (Å²) < 4.78 is 20.7. The molecule has 5 N–H and O–H groups in total. The molecule has 2 aromatic heterocycles. The van der Waals surface area contributed by atoms with E-state index in [1.165, 1.54) is 38.5 Å². The van der Waals surface area contributed by atoms with Gasteiger partial charge in [-0.1, -0.05) is 30.3 Å². The van der Waals surface area contributed by atoms with E-state index in [4.69, 9.17) is 10.5 Å². The largest absolute Gasteiger partial charge is 0.387 e. The maximum absolute atomic E-state index is 15.0. The number of aliphatic hydroxyl groups is 2. The molecule has 1 fully saturated rings. The van der Waals surface area contributed by atoms with Crippen molar-refractivity contribution in [2.24, 2.45) is 0 Å². The molecule has 5 atom stereocenters. The molecule has 1 aliphatic rings. The van der Waals surface area contributed by atoms with E-state index in [-0.39, 0.29) is 22.8 Å². The third-order valence-corrected chi connectivity index (χ3v) is 5.86. The number of nitrogens with two attached hydrogens (primary N) is 1. The number of ether oxygens (including phenoxy) is 1. The molecule has 1 aromatic carbocycles. The van der Waals surface area contributed by atoms with Crippen LogP contribution in [0.4, 0.5) is 15.9 Å². The van der Waals surface area contributed by atoms with E-state index < -0.39 is 36.0 Å². The average Bonchev–Trinajstić information content (AvgIpc) is 2.82. The summed E-state index contributed by atoms with van der Waals surface area (Å²) in [5.74, 6) is -0.742. The molecule has 10 heteroatoms. The van der Waals surface area contributed by atoms with Crippen LogP contribution in [0.3, 0.4) is 0 Å². The molecule has 33 heavy (non-hydrogen) atoms. The predicted molar refractivity (Wildman–Crippen MR) is 119 cm³/mol. The van der Waals surface area contributed by atoms with Gasteiger partial charge in [-0.05, 0) is 19.9 Å². The highest BCUT2D eigenvalue weighted by Crippen LogP contribution is 2.41. The van der Waals surface area contributed by atoms with Crippen molar-refractivity contribution < 1.29 is 24.1 Å². The molecule has 0 spiro atoms. The summed E-state index contributed by atoms with van der Waals surface area (Å²) in [4.78, 5) is 25.4. The summed E-state index contributed by atoms with van der Waals surface area (Å²) in [5, 5.41) is 23.3. The third kappa shape index (κ3) is 4.28. The van der Waals surface area contributed by atoms with Crippen LogP contribution in [0.1, 0.15) is 36.0 Å². The zero-order chi connectivity index (χ0) is 23.8. The number of hydrogen-bond acceptors (Lipinski definition) is 8. The Bertz CT molecular complexity index is 1160. The Morgan fingerprint density at radius 1 is 1.24 bits per heavy atom. The second-order valence-electron chi connectivity index (χ2n) is 8.09. The fourth-order valence-electron chi connectivity index (χ4n) is 3.66. The highest BCUT2D eigenvalue weighted by molar-refractivity contribution is 6.06. The Balaban J connectivity index is 1.64. The van der Waals surface area contributed by atoms with Gasteiger partial charge in [0.25, 0.3) is 5.91 Å². The van der Waals surface area contributed by atoms with Gasteiger partial charge in [-0.15, -0.1) is 0 Å². The number of nitrogens with one attached hydrogen (secondary N) is 1. The number of rotatable bonds is 4. The van der Waals surface area contributed by atoms with Gasteiger partial charge in [0.2, 0.25) is 0 Å². The van der Waals surface area contributed by atoms with Crippen molar-refractivity contribution >= 4 is 17.4 Å². The standard InChI is InChI=1S/C23H24FN5O4/c1-12-23(2,32)20(30)17(24)19(33-12)14-8-9-26-10-16(14)29-22(31)18-21(25)27-11-15(28-18)13-6-4-3-5-7-13/h3-12,17,19-20,30,32H,1-2H3,(H2,25,27)(H,29,31)/t12-,17+,19+,20-,23-/m1/s1. The second kappa shape index (κ2) is 8.81. The number of amides is 1. The zero-order valence-electron chi connectivity index (χ0n) is 18.0. The minimum absolute atomic E-state index is 0.0741. The second-order valence-corrected chi connectivity index (χ2v) is 8.09. The molecule has 0 unspecified atom stereocenters. The first-order valence-corrected chi connectivity index (χ1v) is 10.3. The Labute approximate surface area is 189 Å². The number of nitrogens with zero attached hydrogens (tertiary/aromatic N) is 3. The monoisotopic (exact) mass is 453 g/mol. The normalized spacial score (nSPS) is 27.2. The lowest BCUT2D eigenvalue weighted by molar-refractivity contribution is -0.245. The van der Waals surface area contributed by atoms with Gasteiger partial charge in [-0.2, -0.15) is 0 Å². The van der Waals surface area contributed by atoms with Crippen LogP contribution in [0.2, 0.25) is 0 Å². The molecule has 0 radical (unpaired) electrons. The van der Waals surface area contributed by atoms with Crippen molar-refractivity contribution in [1.82, 2.24) is 15.0 Å². The van der Waals surface area contributed by atoms with Gasteiger partial charge in [-0.25, -0.2) is 14.4 Å². The van der Waals surface area contributed by atoms with Crippen molar-refractivity contribution in [1.29, 1.82) is 0 Å². The summed E-state index contributed by atoms with van der Waals surface area (Å²) in [6.45, 7) is 2.84. The summed E-state index contributed by atoms with van der Waals surface area (Å²) in [6, 6.07) is 10.6. The van der Waals surface area contributed by atoms with Crippen molar-refractivity contribution in [3.8, 4) is 11.3 Å². The number of pyridine rings is 1. The number of aliphatic hydroxyl groups excluding tert-OH is 1. The molecule has 1 aliphatic heterocycles. The van der Waals surface area contributed by atoms with E-state index in [9.17, 15) is 15.0 Å². The number of alkyl halides is 1. The number of carbonyl (C=O) groups is 1. The Kier molecular flexibility index (Phi) is 6.07. The Morgan fingerprint density at radius 3 is 2.70 bits per heavy atom. The van der Waals surface area contributed by atoms with Crippen molar-refractivity contribution in [2.75, 3.05) is 11.1 Å². The quantitative estimate of drug-likeness (QED) is 0.471. The smallest absolute Gasteiger partial charge is 0.278 e. The fourth-order valence-corrected chi connectivity index (χ4v) is 3.66. The first kappa shape index (κ1) is 22.7. The van der Waals surface area contributed by atoms with E-state index in [0.29, 0.717) is 5.69 Å². The molecule has 0 bridgehead atoms. The molecule has 0 saturated carbocycles. The predicted octanol–water partition coefficient (Wildman–Crippen LogP) is 2.28. The van der Waals surface area contributed by atoms with Crippen LogP contribution in [-0.4, -0.2) is 55.1 Å². The van der Waals surface area contributed by atoms with E-state index in [2.05, 4.69) is 20.3 Å². The van der Waals surface area contributed by atoms with Crippen molar-refractivity contribution in [2.45, 2.75) is 43.9 Å². The number of anilines is 2. The number of nitrogen functional groups attached to an aromatic ring is 1. The number of hydrogen-bond donors (Lipinski definition) is 4. The zero-order valence-corrected chi connectivity index (χ0v) is 18.0. The first-order chi connectivity index (χ1) is 15.7. The minimum Gasteiger partial charge on any atom is -0.387 e. The lowest BCUT2D eigenvalue weighted by Crippen LogP contribution is -2.59. The van der Waals surface area contributed by atoms with Gasteiger partial charge in [-0.3, -0.25) is 9.78 Å². The van der Waals surface area contributed by atoms with Crippen LogP contribution in [0, 0.1) is 0 Å². The summed E-state index contributed by atoms with van der Waals surface area (Å²) >= 11 is 0. The number of aromatic nitrogens is 3. The molecular weight excluding hydrogens is 429 g/mol. The molecule has 1 amide bonds. The van der Waals surface area contributed by atoms with Gasteiger partial charge >= 0.3 is 0 Å². The van der Waals surface area contributed by atoms with Crippen LogP contribution < -0.4 is 11.1 Å². The topological polar surface area (TPSA) is 143 Å². The third-order valence-electron chi connectivity index (χ3n) is 5.86. The fraction of sp³-hybridized carbons (Fsp3) is 0.304. The van der Waals surface area contributed by atoms with Gasteiger partial charge in [0, 0.05) is 17.3 Å². The SMILES string of the molecule is C[C@H]1O[C@@H](c2ccncc2NC(=O)c2nc(-c3ccccc3)cnc2N)[C@H](F)[C@@H](O)[C@]1(C)O. The average molecular weight is 453 g/mol.